The van der Waals surface area contributed by atoms with Gasteiger partial charge in [-0.05, 0) is 24.6 Å². The maximum absolute atomic E-state index is 11.4. The van der Waals surface area contributed by atoms with Gasteiger partial charge in [0.25, 0.3) is 0 Å². The standard InChI is InChI=1S/C11H12Cl2N2O2/c12-5-2-6-14-10(16)11(17)15-9-4-1-3-8(13)7-9/h1,3-4,7H,2,5-6H2,(H,14,16)(H,15,17). The van der Waals surface area contributed by atoms with Gasteiger partial charge in [-0.2, -0.15) is 0 Å². The van der Waals surface area contributed by atoms with E-state index < -0.39 is 11.8 Å². The first-order valence-electron chi connectivity index (χ1n) is 5.04. The van der Waals surface area contributed by atoms with Gasteiger partial charge >= 0.3 is 11.8 Å². The molecule has 0 bridgehead atoms. The van der Waals surface area contributed by atoms with Gasteiger partial charge in [0.2, 0.25) is 0 Å². The number of alkyl halides is 1. The minimum atomic E-state index is -0.721. The third kappa shape index (κ3) is 5.06. The van der Waals surface area contributed by atoms with E-state index in [9.17, 15) is 9.59 Å². The molecule has 2 amide bonds. The Morgan fingerprint density at radius 2 is 2.00 bits per heavy atom. The van der Waals surface area contributed by atoms with Crippen molar-refractivity contribution in [2.45, 2.75) is 6.42 Å². The number of nitrogens with one attached hydrogen (secondary N) is 2. The van der Waals surface area contributed by atoms with Crippen LogP contribution in [0.15, 0.2) is 24.3 Å². The van der Waals surface area contributed by atoms with Gasteiger partial charge < -0.3 is 10.6 Å². The Hall–Kier alpha value is -1.26. The average molecular weight is 275 g/mol. The molecule has 1 aromatic rings. The Bertz CT molecular complexity index is 410. The molecule has 6 heteroatoms. The summed E-state index contributed by atoms with van der Waals surface area (Å²) in [5.41, 5.74) is 0.481. The highest BCUT2D eigenvalue weighted by molar-refractivity contribution is 6.39. The average Bonchev–Trinajstić information content (AvgIpc) is 2.29. The molecule has 0 atom stereocenters. The predicted octanol–water partition coefficient (Wildman–Crippen LogP) is 2.02. The molecule has 0 aliphatic heterocycles. The predicted molar refractivity (Wildman–Crippen MR) is 68.4 cm³/mol. The number of halogens is 2. The Kier molecular flexibility index (Phi) is 5.80. The lowest BCUT2D eigenvalue weighted by Crippen LogP contribution is -2.36. The van der Waals surface area contributed by atoms with Gasteiger partial charge in [0.05, 0.1) is 0 Å². The van der Waals surface area contributed by atoms with Crippen molar-refractivity contribution in [3.8, 4) is 0 Å². The number of carbonyl (C=O) groups excluding carboxylic acids is 2. The number of hydrogen-bond acceptors (Lipinski definition) is 2. The first-order valence-corrected chi connectivity index (χ1v) is 5.95. The number of hydrogen-bond donors (Lipinski definition) is 2. The monoisotopic (exact) mass is 274 g/mol. The Labute approximate surface area is 109 Å². The molecule has 0 aromatic heterocycles. The zero-order valence-corrected chi connectivity index (χ0v) is 10.5. The molecule has 0 radical (unpaired) electrons. The summed E-state index contributed by atoms with van der Waals surface area (Å²) in [5.74, 6) is -0.965. The SMILES string of the molecule is O=C(NCCCCl)C(=O)Nc1cccc(Cl)c1. The van der Waals surface area contributed by atoms with Crippen LogP contribution in [-0.2, 0) is 9.59 Å². The van der Waals surface area contributed by atoms with E-state index in [0.717, 1.165) is 0 Å². The number of carbonyl (C=O) groups is 2. The summed E-state index contributed by atoms with van der Waals surface area (Å²) in [6.07, 6.45) is 0.623. The number of anilines is 1. The van der Waals surface area contributed by atoms with Crippen molar-refractivity contribution in [1.82, 2.24) is 5.32 Å². The van der Waals surface area contributed by atoms with Crippen LogP contribution in [0.1, 0.15) is 6.42 Å². The molecule has 0 fully saturated rings. The van der Waals surface area contributed by atoms with E-state index in [1.807, 2.05) is 0 Å². The number of benzene rings is 1. The van der Waals surface area contributed by atoms with Crippen LogP contribution in [-0.4, -0.2) is 24.2 Å². The zero-order valence-electron chi connectivity index (χ0n) is 9.00. The van der Waals surface area contributed by atoms with E-state index in [4.69, 9.17) is 23.2 Å². The van der Waals surface area contributed by atoms with Crippen LogP contribution in [0.3, 0.4) is 0 Å². The summed E-state index contributed by atoms with van der Waals surface area (Å²) in [5, 5.41) is 5.38. The molecule has 0 saturated heterocycles. The summed E-state index contributed by atoms with van der Waals surface area (Å²) >= 11 is 11.2. The quantitative estimate of drug-likeness (QED) is 0.502. The molecule has 4 nitrogen and oxygen atoms in total. The molecule has 0 unspecified atom stereocenters. The fourth-order valence-corrected chi connectivity index (χ4v) is 1.43. The summed E-state index contributed by atoms with van der Waals surface area (Å²) < 4.78 is 0. The van der Waals surface area contributed by atoms with Gasteiger partial charge in [-0.3, -0.25) is 9.59 Å². The van der Waals surface area contributed by atoms with Gasteiger partial charge in [0.1, 0.15) is 0 Å². The van der Waals surface area contributed by atoms with Crippen LogP contribution in [0.2, 0.25) is 5.02 Å². The molecule has 0 aliphatic carbocycles. The molecule has 0 saturated carbocycles. The van der Waals surface area contributed by atoms with Gasteiger partial charge in [-0.25, -0.2) is 0 Å². The molecule has 1 rings (SSSR count). The van der Waals surface area contributed by atoms with Crippen LogP contribution < -0.4 is 10.6 Å². The van der Waals surface area contributed by atoms with E-state index in [1.165, 1.54) is 0 Å². The summed E-state index contributed by atoms with van der Waals surface area (Å²) in [6, 6.07) is 6.57. The fourth-order valence-electron chi connectivity index (χ4n) is 1.10. The minimum absolute atomic E-state index is 0.380. The molecule has 1 aromatic carbocycles. The van der Waals surface area contributed by atoms with Crippen LogP contribution in [0.25, 0.3) is 0 Å². The smallest absolute Gasteiger partial charge is 0.313 e. The van der Waals surface area contributed by atoms with Crippen LogP contribution in [0.4, 0.5) is 5.69 Å². The highest BCUT2D eigenvalue weighted by atomic mass is 35.5. The molecule has 92 valence electrons. The Balaban J connectivity index is 2.46. The maximum atomic E-state index is 11.4. The Morgan fingerprint density at radius 3 is 2.65 bits per heavy atom. The van der Waals surface area contributed by atoms with Crippen molar-refractivity contribution in [3.05, 3.63) is 29.3 Å². The fraction of sp³-hybridized carbons (Fsp3) is 0.273. The van der Waals surface area contributed by atoms with Crippen molar-refractivity contribution in [1.29, 1.82) is 0 Å². The lowest BCUT2D eigenvalue weighted by molar-refractivity contribution is -0.136. The van der Waals surface area contributed by atoms with Crippen molar-refractivity contribution in [2.75, 3.05) is 17.7 Å². The maximum Gasteiger partial charge on any atom is 0.313 e. The van der Waals surface area contributed by atoms with Gasteiger partial charge in [-0.1, -0.05) is 17.7 Å². The molecule has 0 heterocycles. The van der Waals surface area contributed by atoms with Crippen LogP contribution >= 0.6 is 23.2 Å². The number of rotatable bonds is 4. The summed E-state index contributed by atoms with van der Waals surface area (Å²) in [7, 11) is 0. The first kappa shape index (κ1) is 13.8. The van der Waals surface area contributed by atoms with Crippen molar-refractivity contribution >= 4 is 40.7 Å². The van der Waals surface area contributed by atoms with E-state index in [1.54, 1.807) is 24.3 Å². The van der Waals surface area contributed by atoms with E-state index in [-0.39, 0.29) is 0 Å². The van der Waals surface area contributed by atoms with Crippen molar-refractivity contribution in [2.24, 2.45) is 0 Å². The van der Waals surface area contributed by atoms with Crippen LogP contribution in [0, 0.1) is 0 Å². The van der Waals surface area contributed by atoms with Crippen LogP contribution in [0.5, 0.6) is 0 Å². The lowest BCUT2D eigenvalue weighted by atomic mass is 10.3. The topological polar surface area (TPSA) is 58.2 Å². The molecule has 17 heavy (non-hydrogen) atoms. The number of amides is 2. The Morgan fingerprint density at radius 1 is 1.24 bits per heavy atom. The van der Waals surface area contributed by atoms with E-state index in [0.29, 0.717) is 29.6 Å². The normalized spacial score (nSPS) is 9.76. The third-order valence-corrected chi connectivity index (χ3v) is 2.39. The minimum Gasteiger partial charge on any atom is -0.348 e. The van der Waals surface area contributed by atoms with E-state index in [2.05, 4.69) is 10.6 Å². The molecular formula is C11H12Cl2N2O2. The second-order valence-corrected chi connectivity index (χ2v) is 4.08. The first-order chi connectivity index (χ1) is 8.13. The highest BCUT2D eigenvalue weighted by Gasteiger charge is 2.12. The van der Waals surface area contributed by atoms with Gasteiger partial charge in [-0.15, -0.1) is 11.6 Å². The van der Waals surface area contributed by atoms with Crippen molar-refractivity contribution < 1.29 is 9.59 Å². The molecule has 0 aliphatic rings. The lowest BCUT2D eigenvalue weighted by Gasteiger charge is -2.05. The summed E-state index contributed by atoms with van der Waals surface area (Å²) in [4.78, 5) is 22.7. The largest absolute Gasteiger partial charge is 0.348 e. The highest BCUT2D eigenvalue weighted by Crippen LogP contribution is 2.14. The van der Waals surface area contributed by atoms with E-state index >= 15 is 0 Å². The van der Waals surface area contributed by atoms with Gasteiger partial charge in [0.15, 0.2) is 0 Å². The molecule has 2 N–H and O–H groups in total. The zero-order chi connectivity index (χ0) is 12.7. The van der Waals surface area contributed by atoms with Gasteiger partial charge in [0, 0.05) is 23.1 Å². The molecular weight excluding hydrogens is 263 g/mol. The third-order valence-electron chi connectivity index (χ3n) is 1.88. The second-order valence-electron chi connectivity index (χ2n) is 3.26. The second kappa shape index (κ2) is 7.14. The summed E-state index contributed by atoms with van der Waals surface area (Å²) in [6.45, 7) is 0.380. The molecule has 0 spiro atoms. The van der Waals surface area contributed by atoms with Crippen molar-refractivity contribution in [3.63, 3.8) is 0 Å².